The summed E-state index contributed by atoms with van der Waals surface area (Å²) in [6.45, 7) is 1.86. The molecule has 114 valence electrons. The molecule has 22 heavy (non-hydrogen) atoms. The van der Waals surface area contributed by atoms with Gasteiger partial charge in [-0.1, -0.05) is 30.3 Å². The number of carbonyl (C=O) groups is 1. The normalized spacial score (nSPS) is 21.0. The van der Waals surface area contributed by atoms with E-state index in [0.29, 0.717) is 5.92 Å². The Labute approximate surface area is 128 Å². The van der Waals surface area contributed by atoms with E-state index >= 15 is 0 Å². The molecule has 1 saturated carbocycles. The Morgan fingerprint density at radius 1 is 1.27 bits per heavy atom. The third kappa shape index (κ3) is 3.36. The quantitative estimate of drug-likeness (QED) is 0.810. The molecule has 1 heterocycles. The van der Waals surface area contributed by atoms with E-state index in [0.717, 1.165) is 12.0 Å². The summed E-state index contributed by atoms with van der Waals surface area (Å²) in [5.41, 5.74) is 1.88. The van der Waals surface area contributed by atoms with Crippen LogP contribution in [0.4, 0.5) is 4.79 Å². The fourth-order valence-corrected chi connectivity index (χ4v) is 2.64. The monoisotopic (exact) mass is 297 g/mol. The Morgan fingerprint density at radius 3 is 2.77 bits per heavy atom. The van der Waals surface area contributed by atoms with Crippen LogP contribution in [0.5, 0.6) is 0 Å². The molecular weight excluding hydrogens is 278 g/mol. The summed E-state index contributed by atoms with van der Waals surface area (Å²) in [6.07, 6.45) is 2.55. The van der Waals surface area contributed by atoms with Crippen LogP contribution < -0.4 is 16.2 Å². The van der Waals surface area contributed by atoms with Crippen LogP contribution in [0, 0.1) is 0 Å². The topological polar surface area (TPSA) is 74.0 Å². The molecule has 5 nitrogen and oxygen atoms in total. The minimum atomic E-state index is -0.212. The molecule has 5 heteroatoms. The van der Waals surface area contributed by atoms with Crippen LogP contribution >= 0.6 is 0 Å². The van der Waals surface area contributed by atoms with E-state index in [-0.39, 0.29) is 23.7 Å². The van der Waals surface area contributed by atoms with Crippen molar-refractivity contribution in [3.8, 4) is 0 Å². The summed E-state index contributed by atoms with van der Waals surface area (Å²) in [6, 6.07) is 13.3. The molecule has 1 fully saturated rings. The van der Waals surface area contributed by atoms with Crippen molar-refractivity contribution in [3.05, 3.63) is 70.1 Å². The maximum Gasteiger partial charge on any atom is 0.315 e. The molecule has 0 saturated heterocycles. The SMILES string of the molecule is CC(NC(=O)N[C@@H]1C[C@H]1c1ccccc1)c1cc[nH]c(=O)c1. The number of benzene rings is 1. The number of H-pyrrole nitrogens is 1. The lowest BCUT2D eigenvalue weighted by Gasteiger charge is -2.14. The first-order valence-corrected chi connectivity index (χ1v) is 7.44. The summed E-state index contributed by atoms with van der Waals surface area (Å²) in [4.78, 5) is 25.9. The standard InChI is InChI=1S/C17H19N3O2/c1-11(13-7-8-18-16(21)9-13)19-17(22)20-15-10-14(15)12-5-3-2-4-6-12/h2-9,11,14-15H,10H2,1H3,(H,18,21)(H2,19,20,22)/t11?,14-,15+/m0/s1. The molecule has 2 aromatic rings. The molecule has 3 rings (SSSR count). The minimum absolute atomic E-state index is 0.169. The molecular formula is C17H19N3O2. The molecule has 0 radical (unpaired) electrons. The molecule has 1 aliphatic carbocycles. The van der Waals surface area contributed by atoms with E-state index in [1.165, 1.54) is 11.6 Å². The van der Waals surface area contributed by atoms with Crippen molar-refractivity contribution in [1.82, 2.24) is 15.6 Å². The molecule has 3 atom stereocenters. The number of pyridine rings is 1. The molecule has 0 aliphatic heterocycles. The lowest BCUT2D eigenvalue weighted by Crippen LogP contribution is -2.38. The number of hydrogen-bond donors (Lipinski definition) is 3. The zero-order valence-corrected chi connectivity index (χ0v) is 12.4. The minimum Gasteiger partial charge on any atom is -0.335 e. The van der Waals surface area contributed by atoms with Crippen molar-refractivity contribution in [2.24, 2.45) is 0 Å². The lowest BCUT2D eigenvalue weighted by molar-refractivity contribution is 0.237. The second kappa shape index (κ2) is 6.05. The highest BCUT2D eigenvalue weighted by molar-refractivity contribution is 5.75. The third-order valence-corrected chi connectivity index (χ3v) is 3.98. The van der Waals surface area contributed by atoms with Gasteiger partial charge in [-0.15, -0.1) is 0 Å². The van der Waals surface area contributed by atoms with Gasteiger partial charge >= 0.3 is 6.03 Å². The van der Waals surface area contributed by atoms with Crippen LogP contribution in [-0.4, -0.2) is 17.1 Å². The van der Waals surface area contributed by atoms with Gasteiger partial charge in [0.25, 0.3) is 0 Å². The predicted octanol–water partition coefficient (Wildman–Crippen LogP) is 2.29. The number of rotatable bonds is 4. The van der Waals surface area contributed by atoms with Crippen LogP contribution in [0.2, 0.25) is 0 Å². The Bertz CT molecular complexity index is 711. The second-order valence-electron chi connectivity index (χ2n) is 5.69. The van der Waals surface area contributed by atoms with Gasteiger partial charge in [0.2, 0.25) is 5.56 Å². The van der Waals surface area contributed by atoms with Gasteiger partial charge in [-0.2, -0.15) is 0 Å². The van der Waals surface area contributed by atoms with E-state index in [2.05, 4.69) is 27.8 Å². The van der Waals surface area contributed by atoms with Crippen LogP contribution in [0.3, 0.4) is 0 Å². The van der Waals surface area contributed by atoms with Gasteiger partial charge in [-0.3, -0.25) is 4.79 Å². The van der Waals surface area contributed by atoms with Gasteiger partial charge in [0.05, 0.1) is 6.04 Å². The van der Waals surface area contributed by atoms with Crippen molar-refractivity contribution in [3.63, 3.8) is 0 Å². The van der Waals surface area contributed by atoms with Crippen LogP contribution in [-0.2, 0) is 0 Å². The van der Waals surface area contributed by atoms with Crippen LogP contribution in [0.1, 0.15) is 36.4 Å². The fraction of sp³-hybridized carbons (Fsp3) is 0.294. The molecule has 1 aliphatic rings. The number of amides is 2. The van der Waals surface area contributed by atoms with Crippen molar-refractivity contribution in [2.75, 3.05) is 0 Å². The Hall–Kier alpha value is -2.56. The van der Waals surface area contributed by atoms with Gasteiger partial charge in [-0.05, 0) is 30.5 Å². The number of hydrogen-bond acceptors (Lipinski definition) is 2. The van der Waals surface area contributed by atoms with E-state index in [1.807, 2.05) is 25.1 Å². The number of carbonyl (C=O) groups excluding carboxylic acids is 1. The number of urea groups is 1. The van der Waals surface area contributed by atoms with E-state index in [1.54, 1.807) is 12.3 Å². The van der Waals surface area contributed by atoms with E-state index < -0.39 is 0 Å². The highest BCUT2D eigenvalue weighted by atomic mass is 16.2. The average Bonchev–Trinajstić information content (AvgIpc) is 3.27. The Balaban J connectivity index is 1.52. The maximum absolute atomic E-state index is 12.0. The van der Waals surface area contributed by atoms with Gasteiger partial charge in [0, 0.05) is 24.2 Å². The van der Waals surface area contributed by atoms with E-state index in [9.17, 15) is 9.59 Å². The fourth-order valence-electron chi connectivity index (χ4n) is 2.64. The summed E-state index contributed by atoms with van der Waals surface area (Å²) in [5, 5.41) is 5.85. The summed E-state index contributed by atoms with van der Waals surface area (Å²) >= 11 is 0. The second-order valence-corrected chi connectivity index (χ2v) is 5.69. The molecule has 1 unspecified atom stereocenters. The van der Waals surface area contributed by atoms with Crippen LogP contribution in [0.25, 0.3) is 0 Å². The van der Waals surface area contributed by atoms with Crippen molar-refractivity contribution in [1.29, 1.82) is 0 Å². The van der Waals surface area contributed by atoms with E-state index in [4.69, 9.17) is 0 Å². The first kappa shape index (κ1) is 14.4. The van der Waals surface area contributed by atoms with Gasteiger partial charge in [-0.25, -0.2) is 4.79 Å². The predicted molar refractivity (Wildman–Crippen MR) is 84.7 cm³/mol. The zero-order chi connectivity index (χ0) is 15.5. The summed E-state index contributed by atoms with van der Waals surface area (Å²) in [5.74, 6) is 0.404. The van der Waals surface area contributed by atoms with Crippen molar-refractivity contribution < 1.29 is 4.79 Å². The average molecular weight is 297 g/mol. The van der Waals surface area contributed by atoms with Crippen LogP contribution in [0.15, 0.2) is 53.5 Å². The smallest absolute Gasteiger partial charge is 0.315 e. The van der Waals surface area contributed by atoms with Crippen molar-refractivity contribution in [2.45, 2.75) is 31.3 Å². The molecule has 2 amide bonds. The summed E-state index contributed by atoms with van der Waals surface area (Å²) in [7, 11) is 0. The molecule has 1 aromatic carbocycles. The summed E-state index contributed by atoms with van der Waals surface area (Å²) < 4.78 is 0. The largest absolute Gasteiger partial charge is 0.335 e. The number of aromatic nitrogens is 1. The first-order valence-electron chi connectivity index (χ1n) is 7.44. The van der Waals surface area contributed by atoms with Gasteiger partial charge < -0.3 is 15.6 Å². The number of nitrogens with one attached hydrogen (secondary N) is 3. The molecule has 3 N–H and O–H groups in total. The van der Waals surface area contributed by atoms with Crippen molar-refractivity contribution >= 4 is 6.03 Å². The van der Waals surface area contributed by atoms with Gasteiger partial charge in [0.1, 0.15) is 0 Å². The zero-order valence-electron chi connectivity index (χ0n) is 12.4. The molecule has 0 bridgehead atoms. The maximum atomic E-state index is 12.0. The molecule has 0 spiro atoms. The lowest BCUT2D eigenvalue weighted by atomic mass is 10.1. The Morgan fingerprint density at radius 2 is 2.05 bits per heavy atom. The molecule has 1 aromatic heterocycles. The highest BCUT2D eigenvalue weighted by Crippen LogP contribution is 2.40. The van der Waals surface area contributed by atoms with Gasteiger partial charge in [0.15, 0.2) is 0 Å². The number of aromatic amines is 1. The first-order chi connectivity index (χ1) is 10.6. The Kier molecular flexibility index (Phi) is 3.96. The highest BCUT2D eigenvalue weighted by Gasteiger charge is 2.39. The third-order valence-electron chi connectivity index (χ3n) is 3.98.